The molecule has 0 bridgehead atoms. The smallest absolute Gasteiger partial charge is 0.255 e. The fraction of sp³-hybridized carbons (Fsp3) is 0.280. The highest BCUT2D eigenvalue weighted by atomic mass is 32.1. The van der Waals surface area contributed by atoms with E-state index >= 15 is 0 Å². The van der Waals surface area contributed by atoms with Gasteiger partial charge in [0.2, 0.25) is 0 Å². The van der Waals surface area contributed by atoms with Crippen LogP contribution in [0.15, 0.2) is 58.7 Å². The first-order valence-electron chi connectivity index (χ1n) is 10.2. The van der Waals surface area contributed by atoms with Gasteiger partial charge in [-0.1, -0.05) is 42.0 Å². The molecule has 1 atom stereocenters. The zero-order chi connectivity index (χ0) is 21.3. The van der Waals surface area contributed by atoms with Crippen LogP contribution >= 0.6 is 11.3 Å². The van der Waals surface area contributed by atoms with Crippen LogP contribution < -0.4 is 10.9 Å². The Kier molecular flexibility index (Phi) is 5.84. The lowest BCUT2D eigenvalue weighted by Gasteiger charge is -2.16. The maximum atomic E-state index is 13.4. The molecule has 0 aliphatic rings. The first kappa shape index (κ1) is 20.5. The number of nitrogens with one attached hydrogen (secondary N) is 1. The predicted octanol–water partition coefficient (Wildman–Crippen LogP) is 5.28. The second-order valence-corrected chi connectivity index (χ2v) is 9.07. The van der Waals surface area contributed by atoms with E-state index in [1.807, 2.05) is 23.6 Å². The number of hydrogen-bond donors (Lipinski definition) is 1. The second-order valence-electron chi connectivity index (χ2n) is 8.01. The number of nitrogens with zero attached hydrogens (tertiary/aromatic N) is 2. The monoisotopic (exact) mass is 417 g/mol. The minimum atomic E-state index is 0.0590. The summed E-state index contributed by atoms with van der Waals surface area (Å²) in [5.74, 6) is 0. The van der Waals surface area contributed by atoms with E-state index in [1.54, 1.807) is 11.3 Å². The lowest BCUT2D eigenvalue weighted by atomic mass is 10.1. The molecule has 0 radical (unpaired) electrons. The number of rotatable bonds is 6. The van der Waals surface area contributed by atoms with E-state index in [0.29, 0.717) is 13.1 Å². The molecule has 0 spiro atoms. The number of aryl methyl sites for hydroxylation is 3. The van der Waals surface area contributed by atoms with Gasteiger partial charge >= 0.3 is 0 Å². The molecule has 2 aromatic carbocycles. The lowest BCUT2D eigenvalue weighted by Crippen LogP contribution is -2.29. The molecule has 0 aliphatic heterocycles. The summed E-state index contributed by atoms with van der Waals surface area (Å²) < 4.78 is 1.91. The summed E-state index contributed by atoms with van der Waals surface area (Å²) in [5, 5.41) is 7.69. The van der Waals surface area contributed by atoms with Gasteiger partial charge in [-0.15, -0.1) is 11.3 Å². The first-order valence-corrected chi connectivity index (χ1v) is 11.1. The molecule has 30 heavy (non-hydrogen) atoms. The van der Waals surface area contributed by atoms with Gasteiger partial charge in [-0.3, -0.25) is 4.79 Å². The molecule has 1 N–H and O–H groups in total. The van der Waals surface area contributed by atoms with Gasteiger partial charge in [0.25, 0.3) is 5.56 Å². The number of thiazole rings is 1. The van der Waals surface area contributed by atoms with Gasteiger partial charge in [0.05, 0.1) is 22.8 Å². The summed E-state index contributed by atoms with van der Waals surface area (Å²) in [6.45, 7) is 9.31. The van der Waals surface area contributed by atoms with Crippen molar-refractivity contribution in [1.29, 1.82) is 0 Å². The van der Waals surface area contributed by atoms with Crippen molar-refractivity contribution in [3.05, 3.63) is 97.2 Å². The van der Waals surface area contributed by atoms with Crippen LogP contribution in [-0.4, -0.2) is 9.55 Å². The minimum Gasteiger partial charge on any atom is -0.305 e. The van der Waals surface area contributed by atoms with Crippen molar-refractivity contribution in [1.82, 2.24) is 14.9 Å². The topological polar surface area (TPSA) is 46.9 Å². The summed E-state index contributed by atoms with van der Waals surface area (Å²) in [6, 6.07) is 16.8. The van der Waals surface area contributed by atoms with Gasteiger partial charge in [-0.2, -0.15) is 0 Å². The molecule has 5 heteroatoms. The van der Waals surface area contributed by atoms with Gasteiger partial charge in [0, 0.05) is 23.5 Å². The number of benzene rings is 2. The van der Waals surface area contributed by atoms with Gasteiger partial charge in [0.1, 0.15) is 0 Å². The normalized spacial score (nSPS) is 12.4. The molecule has 154 valence electrons. The van der Waals surface area contributed by atoms with E-state index in [2.05, 4.69) is 72.9 Å². The number of hydrogen-bond acceptors (Lipinski definition) is 4. The van der Waals surface area contributed by atoms with Crippen LogP contribution in [0.1, 0.15) is 45.9 Å². The highest BCUT2D eigenvalue weighted by Gasteiger charge is 2.13. The van der Waals surface area contributed by atoms with E-state index in [1.165, 1.54) is 5.56 Å². The standard InChI is InChI=1S/C25H27N3OS/c1-16-6-5-7-20(10-16)14-28-24-11-17(2)8-9-21(24)12-22(25(28)29)13-26-18(3)23-15-30-19(4)27-23/h5-12,15,18,26H,13-14H2,1-4H3/t18-/m1/s1. The average Bonchev–Trinajstić information content (AvgIpc) is 3.15. The Hall–Kier alpha value is -2.76. The third-order valence-corrected chi connectivity index (χ3v) is 6.22. The molecule has 2 aromatic heterocycles. The molecule has 0 saturated heterocycles. The van der Waals surface area contributed by atoms with E-state index in [4.69, 9.17) is 0 Å². The van der Waals surface area contributed by atoms with E-state index in [9.17, 15) is 4.79 Å². The Morgan fingerprint density at radius 1 is 1.07 bits per heavy atom. The van der Waals surface area contributed by atoms with Gasteiger partial charge in [-0.25, -0.2) is 4.98 Å². The molecule has 0 saturated carbocycles. The highest BCUT2D eigenvalue weighted by molar-refractivity contribution is 7.09. The Morgan fingerprint density at radius 3 is 2.60 bits per heavy atom. The average molecular weight is 418 g/mol. The second kappa shape index (κ2) is 8.54. The zero-order valence-corrected chi connectivity index (χ0v) is 18.7. The van der Waals surface area contributed by atoms with Crippen LogP contribution in [0.3, 0.4) is 0 Å². The van der Waals surface area contributed by atoms with Crippen LogP contribution in [0.2, 0.25) is 0 Å². The van der Waals surface area contributed by atoms with Gasteiger partial charge in [0.15, 0.2) is 0 Å². The highest BCUT2D eigenvalue weighted by Crippen LogP contribution is 2.19. The maximum Gasteiger partial charge on any atom is 0.255 e. The number of pyridine rings is 1. The van der Waals surface area contributed by atoms with E-state index in [-0.39, 0.29) is 11.6 Å². The summed E-state index contributed by atoms with van der Waals surface area (Å²) >= 11 is 1.65. The number of fused-ring (bicyclic) bond motifs is 1. The fourth-order valence-corrected chi connectivity index (χ4v) is 4.47. The quantitative estimate of drug-likeness (QED) is 0.464. The van der Waals surface area contributed by atoms with Gasteiger partial charge in [-0.05, 0) is 56.3 Å². The third kappa shape index (κ3) is 4.37. The molecular formula is C25H27N3OS. The molecule has 4 nitrogen and oxygen atoms in total. The Morgan fingerprint density at radius 2 is 1.87 bits per heavy atom. The first-order chi connectivity index (χ1) is 14.4. The predicted molar refractivity (Wildman–Crippen MR) is 125 cm³/mol. The summed E-state index contributed by atoms with van der Waals surface area (Å²) in [7, 11) is 0. The maximum absolute atomic E-state index is 13.4. The fourth-order valence-electron chi connectivity index (χ4n) is 3.77. The third-order valence-electron chi connectivity index (χ3n) is 5.43. The molecule has 0 amide bonds. The van der Waals surface area contributed by atoms with Crippen molar-refractivity contribution in [2.24, 2.45) is 0 Å². The molecule has 2 heterocycles. The SMILES string of the molecule is Cc1cccc(Cn2c(=O)c(CN[C@H](C)c3csc(C)n3)cc3ccc(C)cc32)c1. The van der Waals surface area contributed by atoms with Crippen LogP contribution in [0.25, 0.3) is 10.9 Å². The molecule has 0 unspecified atom stereocenters. The van der Waals surface area contributed by atoms with E-state index in [0.717, 1.165) is 38.3 Å². The molecule has 4 rings (SSSR count). The largest absolute Gasteiger partial charge is 0.305 e. The van der Waals surface area contributed by atoms with Crippen molar-refractivity contribution >= 4 is 22.2 Å². The lowest BCUT2D eigenvalue weighted by molar-refractivity contribution is 0.558. The van der Waals surface area contributed by atoms with Crippen LogP contribution in [0.4, 0.5) is 0 Å². The van der Waals surface area contributed by atoms with Crippen molar-refractivity contribution in [2.75, 3.05) is 0 Å². The molecule has 4 aromatic rings. The van der Waals surface area contributed by atoms with Crippen LogP contribution in [-0.2, 0) is 13.1 Å². The van der Waals surface area contributed by atoms with Crippen molar-refractivity contribution in [2.45, 2.75) is 46.8 Å². The van der Waals surface area contributed by atoms with Crippen LogP contribution in [0.5, 0.6) is 0 Å². The van der Waals surface area contributed by atoms with Gasteiger partial charge < -0.3 is 9.88 Å². The zero-order valence-electron chi connectivity index (χ0n) is 17.9. The Bertz CT molecular complexity index is 1250. The number of aromatic nitrogens is 2. The minimum absolute atomic E-state index is 0.0590. The molecule has 0 fully saturated rings. The van der Waals surface area contributed by atoms with Crippen molar-refractivity contribution in [3.8, 4) is 0 Å². The summed E-state index contributed by atoms with van der Waals surface area (Å²) in [5.41, 5.74) is 6.32. The summed E-state index contributed by atoms with van der Waals surface area (Å²) in [6.07, 6.45) is 0. The van der Waals surface area contributed by atoms with Crippen LogP contribution in [0, 0.1) is 20.8 Å². The van der Waals surface area contributed by atoms with Crippen molar-refractivity contribution in [3.63, 3.8) is 0 Å². The molecule has 0 aliphatic carbocycles. The Labute approximate surface area is 181 Å². The van der Waals surface area contributed by atoms with Crippen molar-refractivity contribution < 1.29 is 0 Å². The summed E-state index contributed by atoms with van der Waals surface area (Å²) in [4.78, 5) is 18.0. The molecular weight excluding hydrogens is 390 g/mol. The van der Waals surface area contributed by atoms with E-state index < -0.39 is 0 Å². The Balaban J connectivity index is 1.70.